The summed E-state index contributed by atoms with van der Waals surface area (Å²) in [7, 11) is 0. The highest BCUT2D eigenvalue weighted by molar-refractivity contribution is 7.23. The van der Waals surface area contributed by atoms with Gasteiger partial charge < -0.3 is 24.2 Å². The van der Waals surface area contributed by atoms with Gasteiger partial charge in [0.05, 0.1) is 27.4 Å². The second-order valence-corrected chi connectivity index (χ2v) is 18.9. The first kappa shape index (κ1) is 43.1. The normalized spacial score (nSPS) is 19.3. The quantitative estimate of drug-likeness (QED) is 0.137. The van der Waals surface area contributed by atoms with Gasteiger partial charge in [0.2, 0.25) is 0 Å². The summed E-state index contributed by atoms with van der Waals surface area (Å²) in [5, 5.41) is 22.2. The zero-order valence-electron chi connectivity index (χ0n) is 34.4. The lowest BCUT2D eigenvalue weighted by molar-refractivity contribution is -0.137. The number of fused-ring (bicyclic) bond motifs is 4. The van der Waals surface area contributed by atoms with Gasteiger partial charge in [-0.2, -0.15) is 15.2 Å². The van der Waals surface area contributed by atoms with E-state index in [4.69, 9.17) is 35.9 Å². The largest absolute Gasteiger partial charge is 0.481 e. The van der Waals surface area contributed by atoms with Crippen molar-refractivity contribution in [2.45, 2.75) is 109 Å². The van der Waals surface area contributed by atoms with E-state index in [0.717, 1.165) is 49.6 Å². The average molecular weight is 868 g/mol. The van der Waals surface area contributed by atoms with Gasteiger partial charge in [-0.25, -0.2) is 18.4 Å². The number of carbonyl (C=O) groups excluding carboxylic acids is 2. The second kappa shape index (κ2) is 16.8. The van der Waals surface area contributed by atoms with Gasteiger partial charge in [0.1, 0.15) is 46.0 Å². The first-order valence-corrected chi connectivity index (χ1v) is 21.2. The fourth-order valence-corrected chi connectivity index (χ4v) is 9.47. The maximum absolute atomic E-state index is 17.4. The molecule has 60 heavy (non-hydrogen) atoms. The van der Waals surface area contributed by atoms with Crippen LogP contribution in [0.5, 0.6) is 6.01 Å². The van der Waals surface area contributed by atoms with Crippen LogP contribution in [-0.2, 0) is 14.3 Å². The SMILES string of the molecule is CC(C)(C)OC(=O)Nc1sc2c(F)ccc(-c3c(Cl)cc4c(N5CC6CCC(C5)N6C(=O)OC(C)(C)C)nc(OC[C@@H]5CCN5CCCCC(=O)O)nc4c3F)c2c1C#N. The number of anilines is 2. The monoisotopic (exact) mass is 867 g/mol. The molecule has 0 radical (unpaired) electrons. The maximum atomic E-state index is 17.4. The lowest BCUT2D eigenvalue weighted by atomic mass is 9.97. The molecule has 2 bridgehead atoms. The van der Waals surface area contributed by atoms with E-state index >= 15 is 8.78 Å². The Labute approximate surface area is 355 Å². The lowest BCUT2D eigenvalue weighted by Crippen LogP contribution is -2.57. The van der Waals surface area contributed by atoms with Crippen molar-refractivity contribution in [1.29, 1.82) is 5.26 Å². The van der Waals surface area contributed by atoms with E-state index < -0.39 is 41.0 Å². The first-order chi connectivity index (χ1) is 28.3. The van der Waals surface area contributed by atoms with Gasteiger partial charge >= 0.3 is 24.2 Å². The van der Waals surface area contributed by atoms with Crippen molar-refractivity contribution in [2.24, 2.45) is 0 Å². The van der Waals surface area contributed by atoms with Gasteiger partial charge in [-0.1, -0.05) is 17.7 Å². The number of carbonyl (C=O) groups is 3. The van der Waals surface area contributed by atoms with E-state index in [9.17, 15) is 19.6 Å². The molecule has 3 saturated heterocycles. The Morgan fingerprint density at radius 3 is 2.35 bits per heavy atom. The van der Waals surface area contributed by atoms with Gasteiger partial charge in [0.15, 0.2) is 5.82 Å². The molecule has 0 spiro atoms. The number of aromatic nitrogens is 2. The molecule has 3 aliphatic rings. The van der Waals surface area contributed by atoms with Gasteiger partial charge in [-0.3, -0.25) is 19.9 Å². The number of likely N-dealkylation sites (tertiary alicyclic amines) is 1. The molecule has 0 saturated carbocycles. The predicted molar refractivity (Wildman–Crippen MR) is 224 cm³/mol. The molecule has 4 aromatic rings. The van der Waals surface area contributed by atoms with Crippen molar-refractivity contribution in [3.8, 4) is 23.2 Å². The van der Waals surface area contributed by atoms with Crippen LogP contribution in [0, 0.1) is 23.0 Å². The van der Waals surface area contributed by atoms with Crippen molar-refractivity contribution in [3.05, 3.63) is 40.4 Å². The van der Waals surface area contributed by atoms with Crippen molar-refractivity contribution >= 4 is 72.9 Å². The van der Waals surface area contributed by atoms with Crippen LogP contribution in [-0.4, -0.2) is 105 Å². The summed E-state index contributed by atoms with van der Waals surface area (Å²) in [6.45, 7) is 13.0. The number of halogens is 3. The third kappa shape index (κ3) is 9.01. The number of nitriles is 1. The molecule has 3 fully saturated rings. The molecule has 18 heteroatoms. The van der Waals surface area contributed by atoms with E-state index in [1.165, 1.54) is 6.07 Å². The van der Waals surface area contributed by atoms with Crippen LogP contribution >= 0.6 is 22.9 Å². The molecule has 2 aromatic carbocycles. The van der Waals surface area contributed by atoms with Crippen molar-refractivity contribution in [1.82, 2.24) is 19.8 Å². The minimum atomic E-state index is -0.852. The molecule has 14 nitrogen and oxygen atoms in total. The van der Waals surface area contributed by atoms with E-state index in [0.29, 0.717) is 37.3 Å². The summed E-state index contributed by atoms with van der Waals surface area (Å²) in [5.74, 6) is -2.00. The van der Waals surface area contributed by atoms with Gasteiger partial charge in [-0.05, 0) is 97.9 Å². The standard InChI is InChI=1S/C42H48ClF2N7O7S/c1-41(2,3)58-39(55)49-37-27(18-46)31-25(12-13-29(44)35(31)60-37)32-28(43)17-26-34(33(32)45)47-38(57-21-24-14-16-50(24)15-8-7-9-30(53)54)48-36(26)51-19-22-10-11-23(20-51)52(22)40(56)59-42(4,5)6/h12-13,17,22-24H,7-11,14-16,19-21H2,1-6H3,(H,49,55)(H,53,54)/t22?,23?,24-/m0/s1. The fraction of sp³-hybridized carbons (Fsp3) is 0.524. The summed E-state index contributed by atoms with van der Waals surface area (Å²) in [5.41, 5.74) is -1.75. The van der Waals surface area contributed by atoms with E-state index in [1.807, 2.05) is 25.7 Å². The fourth-order valence-electron chi connectivity index (χ4n) is 8.11. The van der Waals surface area contributed by atoms with E-state index in [-0.39, 0.29) is 79.5 Å². The van der Waals surface area contributed by atoms with Crippen LogP contribution in [0.15, 0.2) is 18.2 Å². The van der Waals surface area contributed by atoms with Crippen LogP contribution in [0.1, 0.15) is 85.6 Å². The third-order valence-electron chi connectivity index (χ3n) is 10.8. The number of carboxylic acid groups (broad SMARTS) is 1. The summed E-state index contributed by atoms with van der Waals surface area (Å²) < 4.78 is 50.3. The molecule has 2 unspecified atom stereocenters. The van der Waals surface area contributed by atoms with Crippen molar-refractivity contribution < 1.29 is 42.5 Å². The topological polar surface area (TPSA) is 170 Å². The van der Waals surface area contributed by atoms with Gasteiger partial charge in [-0.15, -0.1) is 11.3 Å². The molecule has 2 N–H and O–H groups in total. The predicted octanol–water partition coefficient (Wildman–Crippen LogP) is 8.96. The number of ether oxygens (including phenoxy) is 3. The first-order valence-electron chi connectivity index (χ1n) is 20.0. The zero-order chi connectivity index (χ0) is 43.3. The molecule has 3 aliphatic heterocycles. The Bertz CT molecular complexity index is 2380. The molecule has 2 amide bonds. The summed E-state index contributed by atoms with van der Waals surface area (Å²) in [6.07, 6.45) is 2.47. The minimum Gasteiger partial charge on any atom is -0.481 e. The smallest absolute Gasteiger partial charge is 0.412 e. The highest BCUT2D eigenvalue weighted by Crippen LogP contribution is 2.47. The number of hydrogen-bond acceptors (Lipinski definition) is 12. The Hall–Kier alpha value is -5.05. The molecule has 0 aliphatic carbocycles. The van der Waals surface area contributed by atoms with Crippen molar-refractivity contribution in [3.63, 3.8) is 0 Å². The number of nitrogens with zero attached hydrogens (tertiary/aromatic N) is 6. The van der Waals surface area contributed by atoms with Crippen LogP contribution in [0.4, 0.5) is 29.2 Å². The number of unbranched alkanes of at least 4 members (excludes halogenated alkanes) is 1. The Morgan fingerprint density at radius 2 is 1.73 bits per heavy atom. The van der Waals surface area contributed by atoms with Crippen molar-refractivity contribution in [2.75, 3.05) is 43.0 Å². The minimum absolute atomic E-state index is 0.00409. The van der Waals surface area contributed by atoms with Gasteiger partial charge in [0, 0.05) is 48.4 Å². The average Bonchev–Trinajstić information content (AvgIpc) is 3.64. The number of rotatable bonds is 11. The number of amides is 2. The number of thiophene rings is 1. The molecule has 5 heterocycles. The van der Waals surface area contributed by atoms with E-state index in [1.54, 1.807) is 31.7 Å². The second-order valence-electron chi connectivity index (χ2n) is 17.4. The van der Waals surface area contributed by atoms with Crippen LogP contribution in [0.25, 0.3) is 32.1 Å². The molecule has 320 valence electrons. The van der Waals surface area contributed by atoms with Crippen LogP contribution in [0.2, 0.25) is 5.02 Å². The number of aliphatic carboxylic acids is 1. The zero-order valence-corrected chi connectivity index (χ0v) is 35.9. The van der Waals surface area contributed by atoms with Gasteiger partial charge in [0.25, 0.3) is 0 Å². The summed E-state index contributed by atoms with van der Waals surface area (Å²) in [4.78, 5) is 52.4. The molecule has 2 aromatic heterocycles. The third-order valence-corrected chi connectivity index (χ3v) is 12.2. The van der Waals surface area contributed by atoms with Crippen LogP contribution in [0.3, 0.4) is 0 Å². The molecular weight excluding hydrogens is 820 g/mol. The summed E-state index contributed by atoms with van der Waals surface area (Å²) >= 11 is 7.81. The number of benzene rings is 2. The number of piperazine rings is 1. The maximum Gasteiger partial charge on any atom is 0.412 e. The number of carboxylic acids is 1. The Kier molecular flexibility index (Phi) is 12.0. The van der Waals surface area contributed by atoms with Crippen LogP contribution < -0.4 is 15.0 Å². The summed E-state index contributed by atoms with van der Waals surface area (Å²) in [6, 6.07) is 5.64. The Balaban J connectivity index is 1.28. The van der Waals surface area contributed by atoms with E-state index in [2.05, 4.69) is 21.3 Å². The number of hydrogen-bond donors (Lipinski definition) is 2. The highest BCUT2D eigenvalue weighted by atomic mass is 35.5. The molecular formula is C42H48ClF2N7O7S. The molecule has 7 rings (SSSR count). The lowest BCUT2D eigenvalue weighted by Gasteiger charge is -2.42. The highest BCUT2D eigenvalue weighted by Gasteiger charge is 2.45. The molecule has 3 atom stereocenters. The Morgan fingerprint density at radius 1 is 1.03 bits per heavy atom. The number of nitrogens with one attached hydrogen (secondary N) is 1.